The summed E-state index contributed by atoms with van der Waals surface area (Å²) in [5.74, 6) is -0.172. The summed E-state index contributed by atoms with van der Waals surface area (Å²) in [6, 6.07) is 15.5. The van der Waals surface area contributed by atoms with Crippen LogP contribution in [0.1, 0.15) is 9.80 Å². The summed E-state index contributed by atoms with van der Waals surface area (Å²) in [5.41, 5.74) is 2.72. The molecule has 3 rings (SSSR count). The number of nitrogens with one attached hydrogen (secondary N) is 1. The fourth-order valence-electron chi connectivity index (χ4n) is 2.00. The summed E-state index contributed by atoms with van der Waals surface area (Å²) < 4.78 is 1.02. The highest BCUT2D eigenvalue weighted by atomic mass is 32.1. The van der Waals surface area contributed by atoms with Gasteiger partial charge in [0.2, 0.25) is 0 Å². The topological polar surface area (TPSA) is 45.2 Å². The normalized spacial score (nSPS) is 10.6. The van der Waals surface area contributed by atoms with Gasteiger partial charge >= 0.3 is 0 Å². The van der Waals surface area contributed by atoms with E-state index in [0.29, 0.717) is 5.01 Å². The molecule has 0 aliphatic heterocycles. The molecule has 1 N–H and O–H groups in total. The number of rotatable bonds is 3. The van der Waals surface area contributed by atoms with E-state index in [9.17, 15) is 4.79 Å². The summed E-state index contributed by atoms with van der Waals surface area (Å²) in [7, 11) is 3.96. The van der Waals surface area contributed by atoms with Crippen LogP contribution in [0.4, 0.5) is 11.4 Å². The summed E-state index contributed by atoms with van der Waals surface area (Å²) >= 11 is 1.40. The minimum Gasteiger partial charge on any atom is -0.378 e. The molecule has 5 heteroatoms. The standard InChI is InChI=1S/C16H15N3OS/c1-19(2)12-9-7-11(8-10-12)17-15(20)16-18-13-5-3-4-6-14(13)21-16/h3-10H,1-2H3,(H,17,20). The Labute approximate surface area is 127 Å². The lowest BCUT2D eigenvalue weighted by molar-refractivity contribution is 0.102. The number of carbonyl (C=O) groups is 1. The van der Waals surface area contributed by atoms with Gasteiger partial charge in [-0.3, -0.25) is 4.79 Å². The molecule has 3 aromatic rings. The maximum absolute atomic E-state index is 12.2. The Bertz CT molecular complexity index is 745. The Morgan fingerprint density at radius 2 is 1.81 bits per heavy atom. The first kappa shape index (κ1) is 13.6. The lowest BCUT2D eigenvalue weighted by Gasteiger charge is -2.12. The number of thiazole rings is 1. The molecule has 0 aliphatic rings. The second-order valence-corrected chi connectivity index (χ2v) is 5.91. The van der Waals surface area contributed by atoms with Gasteiger partial charge in [0.25, 0.3) is 5.91 Å². The molecule has 2 aromatic carbocycles. The molecule has 0 spiro atoms. The SMILES string of the molecule is CN(C)c1ccc(NC(=O)c2nc3ccccc3s2)cc1. The van der Waals surface area contributed by atoms with Gasteiger partial charge in [-0.1, -0.05) is 12.1 Å². The maximum Gasteiger partial charge on any atom is 0.284 e. The Hall–Kier alpha value is -2.40. The average Bonchev–Trinajstić information content (AvgIpc) is 2.92. The first-order valence-corrected chi connectivity index (χ1v) is 7.39. The van der Waals surface area contributed by atoms with E-state index in [1.807, 2.05) is 67.5 Å². The van der Waals surface area contributed by atoms with Crippen molar-refractivity contribution in [3.8, 4) is 0 Å². The molecular formula is C16H15N3OS. The Kier molecular flexibility index (Phi) is 3.58. The molecule has 106 valence electrons. The average molecular weight is 297 g/mol. The number of fused-ring (bicyclic) bond motifs is 1. The minimum atomic E-state index is -0.172. The smallest absolute Gasteiger partial charge is 0.284 e. The van der Waals surface area contributed by atoms with Crippen molar-refractivity contribution in [2.24, 2.45) is 0 Å². The van der Waals surface area contributed by atoms with E-state index in [1.165, 1.54) is 11.3 Å². The van der Waals surface area contributed by atoms with Crippen molar-refractivity contribution in [3.05, 3.63) is 53.5 Å². The molecule has 1 heterocycles. The molecule has 1 aromatic heterocycles. The molecule has 0 unspecified atom stereocenters. The van der Waals surface area contributed by atoms with Gasteiger partial charge in [0, 0.05) is 25.5 Å². The Morgan fingerprint density at radius 1 is 1.10 bits per heavy atom. The highest BCUT2D eigenvalue weighted by molar-refractivity contribution is 7.20. The lowest BCUT2D eigenvalue weighted by atomic mass is 10.2. The van der Waals surface area contributed by atoms with Crippen molar-refractivity contribution in [1.29, 1.82) is 0 Å². The number of hydrogen-bond donors (Lipinski definition) is 1. The molecule has 0 bridgehead atoms. The van der Waals surface area contributed by atoms with E-state index < -0.39 is 0 Å². The van der Waals surface area contributed by atoms with Crippen LogP contribution in [0.2, 0.25) is 0 Å². The van der Waals surface area contributed by atoms with Crippen LogP contribution in [0.25, 0.3) is 10.2 Å². The van der Waals surface area contributed by atoms with Gasteiger partial charge in [0.1, 0.15) is 0 Å². The number of benzene rings is 2. The summed E-state index contributed by atoms with van der Waals surface area (Å²) in [5, 5.41) is 3.36. The molecule has 0 radical (unpaired) electrons. The van der Waals surface area contributed by atoms with Crippen LogP contribution in [-0.4, -0.2) is 25.0 Å². The summed E-state index contributed by atoms with van der Waals surface area (Å²) in [4.78, 5) is 18.6. The third-order valence-electron chi connectivity index (χ3n) is 3.13. The van der Waals surface area contributed by atoms with E-state index in [-0.39, 0.29) is 5.91 Å². The fraction of sp³-hybridized carbons (Fsp3) is 0.125. The molecule has 0 saturated carbocycles. The van der Waals surface area contributed by atoms with Crippen molar-refractivity contribution >= 4 is 38.8 Å². The Morgan fingerprint density at radius 3 is 2.48 bits per heavy atom. The van der Waals surface area contributed by atoms with Crippen LogP contribution in [0.15, 0.2) is 48.5 Å². The quantitative estimate of drug-likeness (QED) is 0.803. The van der Waals surface area contributed by atoms with Gasteiger partial charge in [-0.05, 0) is 36.4 Å². The molecule has 0 aliphatic carbocycles. The van der Waals surface area contributed by atoms with E-state index in [2.05, 4.69) is 10.3 Å². The van der Waals surface area contributed by atoms with Gasteiger partial charge < -0.3 is 10.2 Å². The molecule has 0 saturated heterocycles. The fourth-order valence-corrected chi connectivity index (χ4v) is 2.86. The predicted molar refractivity (Wildman–Crippen MR) is 88.3 cm³/mol. The van der Waals surface area contributed by atoms with E-state index in [4.69, 9.17) is 0 Å². The highest BCUT2D eigenvalue weighted by Gasteiger charge is 2.12. The first-order valence-electron chi connectivity index (χ1n) is 6.58. The lowest BCUT2D eigenvalue weighted by Crippen LogP contribution is -2.12. The van der Waals surface area contributed by atoms with Crippen LogP contribution in [0.3, 0.4) is 0 Å². The van der Waals surface area contributed by atoms with Crippen molar-refractivity contribution in [2.75, 3.05) is 24.3 Å². The molecular weight excluding hydrogens is 282 g/mol. The highest BCUT2D eigenvalue weighted by Crippen LogP contribution is 2.23. The Balaban J connectivity index is 1.79. The second-order valence-electron chi connectivity index (χ2n) is 4.88. The van der Waals surface area contributed by atoms with Crippen LogP contribution >= 0.6 is 11.3 Å². The number of carbonyl (C=O) groups excluding carboxylic acids is 1. The first-order chi connectivity index (χ1) is 10.1. The van der Waals surface area contributed by atoms with Gasteiger partial charge in [0.05, 0.1) is 10.2 Å². The molecule has 0 atom stereocenters. The second kappa shape index (κ2) is 5.54. The number of hydrogen-bond acceptors (Lipinski definition) is 4. The van der Waals surface area contributed by atoms with Gasteiger partial charge in [-0.2, -0.15) is 0 Å². The van der Waals surface area contributed by atoms with Gasteiger partial charge in [-0.15, -0.1) is 11.3 Å². The van der Waals surface area contributed by atoms with Crippen molar-refractivity contribution < 1.29 is 4.79 Å². The zero-order valence-corrected chi connectivity index (χ0v) is 12.6. The number of amides is 1. The third-order valence-corrected chi connectivity index (χ3v) is 4.16. The molecule has 21 heavy (non-hydrogen) atoms. The largest absolute Gasteiger partial charge is 0.378 e. The van der Waals surface area contributed by atoms with E-state index in [0.717, 1.165) is 21.6 Å². The number of nitrogens with zero attached hydrogens (tertiary/aromatic N) is 2. The third kappa shape index (κ3) is 2.87. The zero-order chi connectivity index (χ0) is 14.8. The van der Waals surface area contributed by atoms with Crippen LogP contribution in [0.5, 0.6) is 0 Å². The number of anilines is 2. The van der Waals surface area contributed by atoms with E-state index in [1.54, 1.807) is 0 Å². The van der Waals surface area contributed by atoms with Gasteiger partial charge in [0.15, 0.2) is 5.01 Å². The summed E-state index contributed by atoms with van der Waals surface area (Å²) in [6.45, 7) is 0. The van der Waals surface area contributed by atoms with Crippen LogP contribution < -0.4 is 10.2 Å². The molecule has 4 nitrogen and oxygen atoms in total. The van der Waals surface area contributed by atoms with Crippen molar-refractivity contribution in [3.63, 3.8) is 0 Å². The maximum atomic E-state index is 12.2. The number of para-hydroxylation sites is 1. The minimum absolute atomic E-state index is 0.172. The van der Waals surface area contributed by atoms with Crippen molar-refractivity contribution in [2.45, 2.75) is 0 Å². The van der Waals surface area contributed by atoms with Gasteiger partial charge in [-0.25, -0.2) is 4.98 Å². The molecule has 0 fully saturated rings. The predicted octanol–water partition coefficient (Wildman–Crippen LogP) is 3.61. The number of aromatic nitrogens is 1. The zero-order valence-electron chi connectivity index (χ0n) is 11.8. The van der Waals surface area contributed by atoms with Crippen LogP contribution in [-0.2, 0) is 0 Å². The van der Waals surface area contributed by atoms with E-state index >= 15 is 0 Å². The monoisotopic (exact) mass is 297 g/mol. The summed E-state index contributed by atoms with van der Waals surface area (Å²) in [6.07, 6.45) is 0. The van der Waals surface area contributed by atoms with Crippen molar-refractivity contribution in [1.82, 2.24) is 4.98 Å². The van der Waals surface area contributed by atoms with Crippen LogP contribution in [0, 0.1) is 0 Å². The molecule has 1 amide bonds.